The lowest BCUT2D eigenvalue weighted by molar-refractivity contribution is -0.110. The summed E-state index contributed by atoms with van der Waals surface area (Å²) in [5, 5.41) is 2.29. The molecule has 1 aromatic carbocycles. The Hall–Kier alpha value is -1.63. The van der Waals surface area contributed by atoms with Crippen molar-refractivity contribution in [2.45, 2.75) is 40.5 Å². The van der Waals surface area contributed by atoms with Crippen molar-refractivity contribution in [3.63, 3.8) is 0 Å². The van der Waals surface area contributed by atoms with Gasteiger partial charge >= 0.3 is 0 Å². The summed E-state index contributed by atoms with van der Waals surface area (Å²) in [5.41, 5.74) is 2.89. The minimum atomic E-state index is 0.194. The molecule has 1 atom stereocenters. The van der Waals surface area contributed by atoms with E-state index in [4.69, 9.17) is 0 Å². The zero-order valence-electron chi connectivity index (χ0n) is 12.3. The second kappa shape index (κ2) is 5.56. The monoisotopic (exact) mass is 254 g/mol. The first-order chi connectivity index (χ1) is 9.06. The van der Waals surface area contributed by atoms with Crippen molar-refractivity contribution in [3.8, 4) is 0 Å². The first-order valence-corrected chi connectivity index (χ1v) is 7.10. The van der Waals surface area contributed by atoms with E-state index in [0.29, 0.717) is 5.92 Å². The fourth-order valence-electron chi connectivity index (χ4n) is 2.80. The molecule has 0 saturated carbocycles. The third-order valence-corrected chi connectivity index (χ3v) is 3.92. The molecule has 1 aromatic rings. The van der Waals surface area contributed by atoms with Crippen LogP contribution in [0.25, 0.3) is 11.1 Å². The summed E-state index contributed by atoms with van der Waals surface area (Å²) in [4.78, 5) is 12.5. The van der Waals surface area contributed by atoms with Crippen molar-refractivity contribution in [2.75, 3.05) is 0 Å². The van der Waals surface area contributed by atoms with Crippen molar-refractivity contribution in [1.82, 2.24) is 0 Å². The van der Waals surface area contributed by atoms with Crippen molar-refractivity contribution < 1.29 is 4.79 Å². The van der Waals surface area contributed by atoms with Crippen molar-refractivity contribution in [1.29, 1.82) is 0 Å². The van der Waals surface area contributed by atoms with Gasteiger partial charge in [0, 0.05) is 11.1 Å². The van der Waals surface area contributed by atoms with Gasteiger partial charge in [-0.1, -0.05) is 50.6 Å². The molecular weight excluding hydrogens is 232 g/mol. The van der Waals surface area contributed by atoms with Crippen LogP contribution in [0.5, 0.6) is 0 Å². The average molecular weight is 254 g/mol. The first kappa shape index (κ1) is 13.8. The van der Waals surface area contributed by atoms with Gasteiger partial charge in [0.05, 0.1) is 0 Å². The Bertz CT molecular complexity index is 647. The van der Waals surface area contributed by atoms with Crippen LogP contribution in [0.15, 0.2) is 35.9 Å². The normalized spacial score (nSPS) is 18.7. The standard InChI is InChI=1S/C18H22O/c1-5-8-12(2)11-17-13(3)15-9-6-7-10-16(15)14(4)18(17)19/h6-7,9-12H,5,8H2,1-4H3. The minimum Gasteiger partial charge on any atom is -0.289 e. The van der Waals surface area contributed by atoms with Crippen LogP contribution in [-0.4, -0.2) is 5.78 Å². The van der Waals surface area contributed by atoms with E-state index in [1.807, 2.05) is 25.1 Å². The largest absolute Gasteiger partial charge is 0.289 e. The predicted octanol–water partition coefficient (Wildman–Crippen LogP) is 2.97. The molecule has 100 valence electrons. The van der Waals surface area contributed by atoms with Gasteiger partial charge in [-0.2, -0.15) is 0 Å². The summed E-state index contributed by atoms with van der Waals surface area (Å²) in [5.74, 6) is 0.649. The second-order valence-corrected chi connectivity index (χ2v) is 5.47. The molecule has 0 spiro atoms. The van der Waals surface area contributed by atoms with Crippen LogP contribution in [-0.2, 0) is 4.79 Å². The van der Waals surface area contributed by atoms with E-state index >= 15 is 0 Å². The van der Waals surface area contributed by atoms with Crippen LogP contribution in [0, 0.1) is 5.92 Å². The quantitative estimate of drug-likeness (QED) is 0.758. The Labute approximate surface area is 115 Å². The molecule has 1 unspecified atom stereocenters. The van der Waals surface area contributed by atoms with Gasteiger partial charge < -0.3 is 0 Å². The molecule has 1 heteroatoms. The van der Waals surface area contributed by atoms with Crippen molar-refractivity contribution in [2.24, 2.45) is 5.92 Å². The molecule has 0 heterocycles. The highest BCUT2D eigenvalue weighted by atomic mass is 16.1. The number of hydrogen-bond acceptors (Lipinski definition) is 1. The number of rotatable bonds is 3. The van der Waals surface area contributed by atoms with E-state index < -0.39 is 0 Å². The molecule has 1 aliphatic carbocycles. The number of carbonyl (C=O) groups is 1. The third kappa shape index (κ3) is 2.56. The van der Waals surface area contributed by atoms with Gasteiger partial charge in [-0.25, -0.2) is 0 Å². The summed E-state index contributed by atoms with van der Waals surface area (Å²) < 4.78 is 0. The molecule has 0 fully saturated rings. The molecule has 0 bridgehead atoms. The molecule has 0 N–H and O–H groups in total. The van der Waals surface area contributed by atoms with Crippen molar-refractivity contribution in [3.05, 3.63) is 46.4 Å². The van der Waals surface area contributed by atoms with E-state index in [1.54, 1.807) is 0 Å². The SMILES string of the molecule is CCCC(C)C=C1C(=O)C(C)=c2ccccc2=C1C. The molecule has 0 saturated heterocycles. The van der Waals surface area contributed by atoms with Gasteiger partial charge in [-0.3, -0.25) is 4.79 Å². The van der Waals surface area contributed by atoms with Crippen LogP contribution < -0.4 is 10.4 Å². The fourth-order valence-corrected chi connectivity index (χ4v) is 2.80. The molecule has 0 aromatic heterocycles. The Morgan fingerprint density at radius 2 is 1.68 bits per heavy atom. The molecule has 0 aliphatic heterocycles. The molecular formula is C18H22O. The van der Waals surface area contributed by atoms with Gasteiger partial charge in [-0.05, 0) is 42.2 Å². The first-order valence-electron chi connectivity index (χ1n) is 7.10. The highest BCUT2D eigenvalue weighted by Gasteiger charge is 2.19. The van der Waals surface area contributed by atoms with Gasteiger partial charge in [0.25, 0.3) is 0 Å². The predicted molar refractivity (Wildman–Crippen MR) is 81.0 cm³/mol. The fraction of sp³-hybridized carbons (Fsp3) is 0.389. The highest BCUT2D eigenvalue weighted by molar-refractivity contribution is 6.29. The van der Waals surface area contributed by atoms with E-state index in [-0.39, 0.29) is 5.78 Å². The summed E-state index contributed by atoms with van der Waals surface area (Å²) >= 11 is 0. The molecule has 0 amide bonds. The van der Waals surface area contributed by atoms with E-state index in [9.17, 15) is 4.79 Å². The van der Waals surface area contributed by atoms with Gasteiger partial charge in [0.1, 0.15) is 0 Å². The van der Waals surface area contributed by atoms with Crippen LogP contribution in [0.1, 0.15) is 40.5 Å². The number of allylic oxidation sites excluding steroid dienone is 2. The Morgan fingerprint density at radius 1 is 1.11 bits per heavy atom. The lowest BCUT2D eigenvalue weighted by Crippen LogP contribution is -2.35. The van der Waals surface area contributed by atoms with Gasteiger partial charge in [0.2, 0.25) is 0 Å². The Morgan fingerprint density at radius 3 is 2.26 bits per heavy atom. The minimum absolute atomic E-state index is 0.194. The average Bonchev–Trinajstić information content (AvgIpc) is 2.41. The highest BCUT2D eigenvalue weighted by Crippen LogP contribution is 2.21. The number of benzene rings is 1. The zero-order valence-corrected chi connectivity index (χ0v) is 12.3. The molecule has 2 rings (SSSR count). The lowest BCUT2D eigenvalue weighted by Gasteiger charge is -2.16. The number of carbonyl (C=O) groups excluding carboxylic acids is 1. The maximum Gasteiger partial charge on any atom is 0.189 e. The molecule has 0 radical (unpaired) electrons. The summed E-state index contributed by atoms with van der Waals surface area (Å²) in [6, 6.07) is 8.19. The Kier molecular flexibility index (Phi) is 4.04. The number of fused-ring (bicyclic) bond motifs is 1. The van der Waals surface area contributed by atoms with E-state index in [2.05, 4.69) is 32.9 Å². The second-order valence-electron chi connectivity index (χ2n) is 5.47. The Balaban J connectivity index is 2.64. The maximum absolute atomic E-state index is 12.5. The molecule has 1 nitrogen and oxygen atoms in total. The topological polar surface area (TPSA) is 17.1 Å². The maximum atomic E-state index is 12.5. The molecule has 19 heavy (non-hydrogen) atoms. The van der Waals surface area contributed by atoms with Crippen LogP contribution in [0.2, 0.25) is 0 Å². The number of ketones is 1. The smallest absolute Gasteiger partial charge is 0.189 e. The lowest BCUT2D eigenvalue weighted by atomic mass is 9.87. The van der Waals surface area contributed by atoms with Crippen LogP contribution in [0.4, 0.5) is 0 Å². The summed E-state index contributed by atoms with van der Waals surface area (Å²) in [7, 11) is 0. The summed E-state index contributed by atoms with van der Waals surface area (Å²) in [6.45, 7) is 8.37. The number of hydrogen-bond donors (Lipinski definition) is 0. The third-order valence-electron chi connectivity index (χ3n) is 3.92. The summed E-state index contributed by atoms with van der Waals surface area (Å²) in [6.07, 6.45) is 4.43. The number of Topliss-reactive ketones (excluding diaryl/α,β-unsaturated/α-hetero) is 1. The van der Waals surface area contributed by atoms with Gasteiger partial charge in [-0.15, -0.1) is 0 Å². The van der Waals surface area contributed by atoms with Crippen LogP contribution in [0.3, 0.4) is 0 Å². The van der Waals surface area contributed by atoms with E-state index in [0.717, 1.165) is 34.8 Å². The van der Waals surface area contributed by atoms with Crippen molar-refractivity contribution >= 4 is 16.9 Å². The van der Waals surface area contributed by atoms with Crippen LogP contribution >= 0.6 is 0 Å². The zero-order chi connectivity index (χ0) is 14.0. The molecule has 1 aliphatic rings. The van der Waals surface area contributed by atoms with E-state index in [1.165, 1.54) is 5.22 Å². The van der Waals surface area contributed by atoms with Gasteiger partial charge in [0.15, 0.2) is 5.78 Å².